The van der Waals surface area contributed by atoms with Crippen molar-refractivity contribution in [2.24, 2.45) is 0 Å². The van der Waals surface area contributed by atoms with Crippen molar-refractivity contribution >= 4 is 22.4 Å². The summed E-state index contributed by atoms with van der Waals surface area (Å²) in [6.45, 7) is 3.57. The van der Waals surface area contributed by atoms with E-state index in [1.54, 1.807) is 14.2 Å². The normalized spacial score (nSPS) is 10.4. The zero-order valence-corrected chi connectivity index (χ0v) is 17.4. The van der Waals surface area contributed by atoms with Gasteiger partial charge in [0.15, 0.2) is 11.5 Å². The Morgan fingerprint density at radius 2 is 1.63 bits per heavy atom. The van der Waals surface area contributed by atoms with Gasteiger partial charge in [-0.25, -0.2) is 9.97 Å². The van der Waals surface area contributed by atoms with Crippen molar-refractivity contribution in [1.29, 1.82) is 0 Å². The molecule has 0 aliphatic carbocycles. The fourth-order valence-corrected chi connectivity index (χ4v) is 2.81. The minimum atomic E-state index is 0.400. The lowest BCUT2D eigenvalue weighted by Crippen LogP contribution is -2.09. The molecular weight excluding hydrogens is 382 g/mol. The monoisotopic (exact) mass is 407 g/mol. The third kappa shape index (κ3) is 5.60. The zero-order valence-electron chi connectivity index (χ0n) is 17.4. The van der Waals surface area contributed by atoms with Gasteiger partial charge in [0.05, 0.1) is 18.7 Å². The highest BCUT2D eigenvalue weighted by Crippen LogP contribution is 2.35. The third-order valence-electron chi connectivity index (χ3n) is 4.19. The van der Waals surface area contributed by atoms with Crippen molar-refractivity contribution in [3.05, 3.63) is 48.3 Å². The fraction of sp³-hybridized carbons (Fsp3) is 0.304. The first-order chi connectivity index (χ1) is 14.7. The summed E-state index contributed by atoms with van der Waals surface area (Å²) in [6.07, 6.45) is 1.52. The Labute approximate surface area is 176 Å². The number of aromatic nitrogens is 2. The maximum Gasteiger partial charge on any atom is 0.163 e. The van der Waals surface area contributed by atoms with E-state index in [4.69, 9.17) is 18.9 Å². The van der Waals surface area contributed by atoms with Gasteiger partial charge in [-0.05, 0) is 31.2 Å². The van der Waals surface area contributed by atoms with Crippen LogP contribution in [-0.4, -0.2) is 50.6 Å². The highest BCUT2D eigenvalue weighted by atomic mass is 16.5. The number of anilines is 2. The number of methoxy groups -OCH3 is 2. The Kier molecular flexibility index (Phi) is 7.84. The first kappa shape index (κ1) is 21.4. The van der Waals surface area contributed by atoms with E-state index in [0.29, 0.717) is 43.7 Å². The molecule has 3 rings (SSSR count). The molecule has 0 atom stereocenters. The largest absolute Gasteiger partial charge is 0.487 e. The molecule has 0 amide bonds. The van der Waals surface area contributed by atoms with E-state index in [2.05, 4.69) is 27.1 Å². The molecule has 0 saturated carbocycles. The van der Waals surface area contributed by atoms with Crippen LogP contribution in [0, 0.1) is 11.8 Å². The number of ether oxygens (including phenoxy) is 4. The van der Waals surface area contributed by atoms with Gasteiger partial charge < -0.3 is 24.3 Å². The third-order valence-corrected chi connectivity index (χ3v) is 4.19. The molecule has 7 heteroatoms. The molecule has 0 bridgehead atoms. The minimum Gasteiger partial charge on any atom is -0.487 e. The van der Waals surface area contributed by atoms with Crippen molar-refractivity contribution < 1.29 is 18.9 Å². The fourth-order valence-electron chi connectivity index (χ4n) is 2.81. The summed E-state index contributed by atoms with van der Waals surface area (Å²) in [4.78, 5) is 8.81. The molecule has 0 spiro atoms. The Morgan fingerprint density at radius 1 is 0.900 bits per heavy atom. The first-order valence-corrected chi connectivity index (χ1v) is 9.57. The molecule has 2 aromatic carbocycles. The molecule has 1 N–H and O–H groups in total. The second-order valence-electron chi connectivity index (χ2n) is 6.30. The van der Waals surface area contributed by atoms with Gasteiger partial charge >= 0.3 is 0 Å². The lowest BCUT2D eigenvalue weighted by molar-refractivity contribution is 0.132. The summed E-state index contributed by atoms with van der Waals surface area (Å²) >= 11 is 0. The van der Waals surface area contributed by atoms with Gasteiger partial charge in [0.25, 0.3) is 0 Å². The average molecular weight is 407 g/mol. The number of hydrogen-bond acceptors (Lipinski definition) is 7. The quantitative estimate of drug-likeness (QED) is 0.405. The SMILES string of the molecule is CC#Cc1cccc(Nc2ncnc3cc(OCCOC)c(OCCOC)cc23)c1. The van der Waals surface area contributed by atoms with E-state index >= 15 is 0 Å². The number of fused-ring (bicyclic) bond motifs is 1. The van der Waals surface area contributed by atoms with Crippen molar-refractivity contribution in [3.63, 3.8) is 0 Å². The number of nitrogens with zero attached hydrogens (tertiary/aromatic N) is 2. The van der Waals surface area contributed by atoms with Crippen LogP contribution in [0.15, 0.2) is 42.7 Å². The molecule has 0 aliphatic heterocycles. The van der Waals surface area contributed by atoms with Crippen LogP contribution in [-0.2, 0) is 9.47 Å². The van der Waals surface area contributed by atoms with E-state index in [0.717, 1.165) is 22.2 Å². The summed E-state index contributed by atoms with van der Waals surface area (Å²) in [5, 5.41) is 4.17. The molecule has 0 unspecified atom stereocenters. The van der Waals surface area contributed by atoms with Gasteiger partial charge in [0.1, 0.15) is 25.4 Å². The molecule has 7 nitrogen and oxygen atoms in total. The number of rotatable bonds is 10. The smallest absolute Gasteiger partial charge is 0.163 e. The Hall–Kier alpha value is -3.34. The van der Waals surface area contributed by atoms with Gasteiger partial charge in [-0.3, -0.25) is 0 Å². The maximum atomic E-state index is 5.88. The second kappa shape index (κ2) is 11.0. The minimum absolute atomic E-state index is 0.400. The molecule has 30 heavy (non-hydrogen) atoms. The van der Waals surface area contributed by atoms with Gasteiger partial charge in [0.2, 0.25) is 0 Å². The summed E-state index contributed by atoms with van der Waals surface area (Å²) in [5.74, 6) is 7.83. The van der Waals surface area contributed by atoms with Crippen molar-refractivity contribution in [3.8, 4) is 23.3 Å². The predicted molar refractivity (Wildman–Crippen MR) is 117 cm³/mol. The highest BCUT2D eigenvalue weighted by Gasteiger charge is 2.13. The molecular formula is C23H25N3O4. The Balaban J connectivity index is 1.95. The summed E-state index contributed by atoms with van der Waals surface area (Å²) < 4.78 is 21.9. The second-order valence-corrected chi connectivity index (χ2v) is 6.30. The summed E-state index contributed by atoms with van der Waals surface area (Å²) in [5.41, 5.74) is 2.55. The zero-order chi connectivity index (χ0) is 21.2. The molecule has 156 valence electrons. The van der Waals surface area contributed by atoms with Crippen LogP contribution >= 0.6 is 0 Å². The van der Waals surface area contributed by atoms with Crippen molar-refractivity contribution in [1.82, 2.24) is 9.97 Å². The molecule has 0 aliphatic rings. The van der Waals surface area contributed by atoms with Gasteiger partial charge in [-0.2, -0.15) is 0 Å². The van der Waals surface area contributed by atoms with E-state index in [1.165, 1.54) is 6.33 Å². The van der Waals surface area contributed by atoms with Gasteiger partial charge in [-0.1, -0.05) is 12.0 Å². The van der Waals surface area contributed by atoms with E-state index in [1.807, 2.05) is 43.3 Å². The Morgan fingerprint density at radius 3 is 2.33 bits per heavy atom. The van der Waals surface area contributed by atoms with Crippen LogP contribution < -0.4 is 14.8 Å². The van der Waals surface area contributed by atoms with Crippen LogP contribution in [0.25, 0.3) is 10.9 Å². The predicted octanol–water partition coefficient (Wildman–Crippen LogP) is 3.80. The van der Waals surface area contributed by atoms with Crippen molar-refractivity contribution in [2.75, 3.05) is 46.0 Å². The molecule has 0 fully saturated rings. The standard InChI is InChI=1S/C23H25N3O4/c1-4-6-17-7-5-8-18(13-17)26-23-19-14-21(29-11-9-27-2)22(30-12-10-28-3)15-20(19)24-16-25-23/h5,7-8,13-16H,9-12H2,1-3H3,(H,24,25,26). The van der Waals surface area contributed by atoms with E-state index < -0.39 is 0 Å². The van der Waals surface area contributed by atoms with Crippen LogP contribution in [0.3, 0.4) is 0 Å². The molecule has 3 aromatic rings. The van der Waals surface area contributed by atoms with Crippen molar-refractivity contribution in [2.45, 2.75) is 6.92 Å². The lowest BCUT2D eigenvalue weighted by atomic mass is 10.2. The maximum absolute atomic E-state index is 5.88. The molecule has 1 heterocycles. The van der Waals surface area contributed by atoms with E-state index in [-0.39, 0.29) is 0 Å². The van der Waals surface area contributed by atoms with Crippen LogP contribution in [0.5, 0.6) is 11.5 Å². The number of hydrogen-bond donors (Lipinski definition) is 1. The Bertz CT molecular complexity index is 1040. The van der Waals surface area contributed by atoms with E-state index in [9.17, 15) is 0 Å². The topological polar surface area (TPSA) is 74.7 Å². The summed E-state index contributed by atoms with van der Waals surface area (Å²) in [7, 11) is 3.26. The van der Waals surface area contributed by atoms with Gasteiger partial charge in [0, 0.05) is 36.9 Å². The van der Waals surface area contributed by atoms with Crippen LogP contribution in [0.2, 0.25) is 0 Å². The highest BCUT2D eigenvalue weighted by molar-refractivity contribution is 5.93. The number of nitrogens with one attached hydrogen (secondary N) is 1. The van der Waals surface area contributed by atoms with Crippen LogP contribution in [0.1, 0.15) is 12.5 Å². The average Bonchev–Trinajstić information content (AvgIpc) is 2.75. The molecule has 0 saturated heterocycles. The summed E-state index contributed by atoms with van der Waals surface area (Å²) in [6, 6.07) is 11.6. The lowest BCUT2D eigenvalue weighted by Gasteiger charge is -2.15. The first-order valence-electron chi connectivity index (χ1n) is 9.57. The number of benzene rings is 2. The molecule has 1 aromatic heterocycles. The molecule has 0 radical (unpaired) electrons. The van der Waals surface area contributed by atoms with Gasteiger partial charge in [-0.15, -0.1) is 5.92 Å². The van der Waals surface area contributed by atoms with Crippen LogP contribution in [0.4, 0.5) is 11.5 Å².